The first-order valence-corrected chi connectivity index (χ1v) is 6.31. The van der Waals surface area contributed by atoms with Crippen LogP contribution >= 0.6 is 0 Å². The third-order valence-corrected chi connectivity index (χ3v) is 2.58. The summed E-state index contributed by atoms with van der Waals surface area (Å²) >= 11 is 0. The standard InChI is InChI=1S/C14H21FN2O2/c1-10(2)8-14(3,19)9-16-13(18)17-12-6-4-11(15)5-7-12/h4-7,10,19H,8-9H2,1-3H3,(H2,16,17,18). The van der Waals surface area contributed by atoms with Crippen molar-refractivity contribution in [2.24, 2.45) is 5.92 Å². The van der Waals surface area contributed by atoms with Gasteiger partial charge in [0.05, 0.1) is 5.60 Å². The summed E-state index contributed by atoms with van der Waals surface area (Å²) in [5.41, 5.74) is -0.434. The average Bonchev–Trinajstić information content (AvgIpc) is 2.28. The second-order valence-electron chi connectivity index (χ2n) is 5.41. The van der Waals surface area contributed by atoms with Crippen molar-refractivity contribution in [3.05, 3.63) is 30.1 Å². The Balaban J connectivity index is 2.41. The maximum Gasteiger partial charge on any atom is 0.319 e. The van der Waals surface area contributed by atoms with Crippen LogP contribution in [-0.4, -0.2) is 23.3 Å². The van der Waals surface area contributed by atoms with Crippen LogP contribution in [0.5, 0.6) is 0 Å². The summed E-state index contributed by atoms with van der Waals surface area (Å²) in [5, 5.41) is 15.2. The van der Waals surface area contributed by atoms with E-state index in [1.165, 1.54) is 24.3 Å². The first kappa shape index (κ1) is 15.4. The fourth-order valence-corrected chi connectivity index (χ4v) is 1.93. The van der Waals surface area contributed by atoms with E-state index in [1.807, 2.05) is 13.8 Å². The van der Waals surface area contributed by atoms with Gasteiger partial charge in [0, 0.05) is 12.2 Å². The fourth-order valence-electron chi connectivity index (χ4n) is 1.93. The second kappa shape index (κ2) is 6.52. The Labute approximate surface area is 113 Å². The summed E-state index contributed by atoms with van der Waals surface area (Å²) in [6.45, 7) is 5.86. The molecule has 1 rings (SSSR count). The highest BCUT2D eigenvalue weighted by atomic mass is 19.1. The number of nitrogens with one attached hydrogen (secondary N) is 2. The molecule has 2 amide bonds. The van der Waals surface area contributed by atoms with E-state index in [9.17, 15) is 14.3 Å². The van der Waals surface area contributed by atoms with E-state index in [0.29, 0.717) is 18.0 Å². The Hall–Kier alpha value is -1.62. The zero-order valence-electron chi connectivity index (χ0n) is 11.5. The van der Waals surface area contributed by atoms with Crippen molar-refractivity contribution in [1.29, 1.82) is 0 Å². The molecule has 0 saturated heterocycles. The summed E-state index contributed by atoms with van der Waals surface area (Å²) in [6, 6.07) is 5.06. The van der Waals surface area contributed by atoms with Crippen molar-refractivity contribution in [3.63, 3.8) is 0 Å². The van der Waals surface area contributed by atoms with Crippen molar-refractivity contribution in [1.82, 2.24) is 5.32 Å². The van der Waals surface area contributed by atoms with Crippen LogP contribution in [0.15, 0.2) is 24.3 Å². The van der Waals surface area contributed by atoms with Gasteiger partial charge in [0.2, 0.25) is 0 Å². The lowest BCUT2D eigenvalue weighted by Gasteiger charge is -2.25. The molecule has 0 bridgehead atoms. The third-order valence-electron chi connectivity index (χ3n) is 2.58. The van der Waals surface area contributed by atoms with E-state index in [1.54, 1.807) is 6.92 Å². The zero-order chi connectivity index (χ0) is 14.5. The lowest BCUT2D eigenvalue weighted by Crippen LogP contribution is -2.43. The number of hydrogen-bond donors (Lipinski definition) is 3. The molecule has 0 spiro atoms. The van der Waals surface area contributed by atoms with E-state index in [2.05, 4.69) is 10.6 Å². The number of hydrogen-bond acceptors (Lipinski definition) is 2. The predicted octanol–water partition coefficient (Wildman–Crippen LogP) is 2.74. The van der Waals surface area contributed by atoms with Gasteiger partial charge in [-0.3, -0.25) is 0 Å². The van der Waals surface area contributed by atoms with Crippen LogP contribution in [0.3, 0.4) is 0 Å². The van der Waals surface area contributed by atoms with Crippen LogP contribution in [0.2, 0.25) is 0 Å². The number of benzene rings is 1. The quantitative estimate of drug-likeness (QED) is 0.769. The molecular weight excluding hydrogens is 247 g/mol. The molecule has 4 nitrogen and oxygen atoms in total. The lowest BCUT2D eigenvalue weighted by molar-refractivity contribution is 0.0413. The number of rotatable bonds is 5. The van der Waals surface area contributed by atoms with Crippen LogP contribution in [0.25, 0.3) is 0 Å². The summed E-state index contributed by atoms with van der Waals surface area (Å²) in [4.78, 5) is 11.6. The highest BCUT2D eigenvalue weighted by Gasteiger charge is 2.22. The predicted molar refractivity (Wildman–Crippen MR) is 73.5 cm³/mol. The molecule has 0 aliphatic carbocycles. The van der Waals surface area contributed by atoms with E-state index in [0.717, 1.165) is 0 Å². The maximum atomic E-state index is 12.7. The monoisotopic (exact) mass is 268 g/mol. The normalized spacial score (nSPS) is 14.0. The van der Waals surface area contributed by atoms with Gasteiger partial charge in [-0.15, -0.1) is 0 Å². The first-order chi connectivity index (χ1) is 8.78. The fraction of sp³-hybridized carbons (Fsp3) is 0.500. The molecule has 0 fully saturated rings. The minimum absolute atomic E-state index is 0.165. The highest BCUT2D eigenvalue weighted by molar-refractivity contribution is 5.89. The van der Waals surface area contributed by atoms with Gasteiger partial charge >= 0.3 is 6.03 Å². The number of urea groups is 1. The summed E-state index contributed by atoms with van der Waals surface area (Å²) < 4.78 is 12.7. The topological polar surface area (TPSA) is 61.4 Å². The molecule has 0 aromatic heterocycles. The number of halogens is 1. The molecule has 1 aromatic rings. The van der Waals surface area contributed by atoms with Gasteiger partial charge in [0.15, 0.2) is 0 Å². The molecule has 0 saturated carbocycles. The van der Waals surface area contributed by atoms with Crippen molar-refractivity contribution in [3.8, 4) is 0 Å². The Morgan fingerprint density at radius 1 is 1.37 bits per heavy atom. The van der Waals surface area contributed by atoms with Crippen LogP contribution in [0.4, 0.5) is 14.9 Å². The molecule has 3 N–H and O–H groups in total. The zero-order valence-corrected chi connectivity index (χ0v) is 11.5. The van der Waals surface area contributed by atoms with Gasteiger partial charge < -0.3 is 15.7 Å². The minimum Gasteiger partial charge on any atom is -0.388 e. The van der Waals surface area contributed by atoms with Crippen molar-refractivity contribution < 1.29 is 14.3 Å². The molecule has 106 valence electrons. The van der Waals surface area contributed by atoms with Crippen LogP contribution < -0.4 is 10.6 Å². The summed E-state index contributed by atoms with van der Waals surface area (Å²) in [7, 11) is 0. The molecule has 5 heteroatoms. The minimum atomic E-state index is -0.936. The van der Waals surface area contributed by atoms with E-state index in [4.69, 9.17) is 0 Å². The SMILES string of the molecule is CC(C)CC(C)(O)CNC(=O)Nc1ccc(F)cc1. The Morgan fingerprint density at radius 3 is 2.47 bits per heavy atom. The third kappa shape index (κ3) is 6.20. The molecule has 1 aromatic carbocycles. The molecule has 0 aliphatic heterocycles. The van der Waals surface area contributed by atoms with Gasteiger partial charge in [-0.2, -0.15) is 0 Å². The molecule has 1 atom stereocenters. The Morgan fingerprint density at radius 2 is 1.95 bits per heavy atom. The maximum absolute atomic E-state index is 12.7. The average molecular weight is 268 g/mol. The number of amides is 2. The summed E-state index contributed by atoms with van der Waals surface area (Å²) in [5.74, 6) is -0.0113. The molecule has 0 radical (unpaired) electrons. The smallest absolute Gasteiger partial charge is 0.319 e. The summed E-state index contributed by atoms with van der Waals surface area (Å²) in [6.07, 6.45) is 0.601. The van der Waals surface area contributed by atoms with Gasteiger partial charge in [-0.05, 0) is 43.5 Å². The van der Waals surface area contributed by atoms with Crippen LogP contribution in [-0.2, 0) is 0 Å². The van der Waals surface area contributed by atoms with E-state index in [-0.39, 0.29) is 12.4 Å². The van der Waals surface area contributed by atoms with Gasteiger partial charge in [-0.1, -0.05) is 13.8 Å². The van der Waals surface area contributed by atoms with Crippen LogP contribution in [0.1, 0.15) is 27.2 Å². The Bertz CT molecular complexity index is 416. The highest BCUT2D eigenvalue weighted by Crippen LogP contribution is 2.15. The van der Waals surface area contributed by atoms with Gasteiger partial charge in [0.1, 0.15) is 5.82 Å². The van der Waals surface area contributed by atoms with Crippen molar-refractivity contribution >= 4 is 11.7 Å². The number of anilines is 1. The van der Waals surface area contributed by atoms with E-state index >= 15 is 0 Å². The molecular formula is C14H21FN2O2. The van der Waals surface area contributed by atoms with Crippen molar-refractivity contribution in [2.45, 2.75) is 32.8 Å². The Kier molecular flexibility index (Phi) is 5.30. The van der Waals surface area contributed by atoms with Gasteiger partial charge in [-0.25, -0.2) is 9.18 Å². The largest absolute Gasteiger partial charge is 0.388 e. The number of carbonyl (C=O) groups excluding carboxylic acids is 1. The molecule has 0 aliphatic rings. The molecule has 19 heavy (non-hydrogen) atoms. The number of aliphatic hydroxyl groups is 1. The lowest BCUT2D eigenvalue weighted by atomic mass is 9.94. The second-order valence-corrected chi connectivity index (χ2v) is 5.41. The van der Waals surface area contributed by atoms with Gasteiger partial charge in [0.25, 0.3) is 0 Å². The van der Waals surface area contributed by atoms with Crippen molar-refractivity contribution in [2.75, 3.05) is 11.9 Å². The molecule has 0 heterocycles. The van der Waals surface area contributed by atoms with Crippen LogP contribution in [0, 0.1) is 11.7 Å². The number of carbonyl (C=O) groups is 1. The molecule has 1 unspecified atom stereocenters. The van der Waals surface area contributed by atoms with E-state index < -0.39 is 11.6 Å². The first-order valence-electron chi connectivity index (χ1n) is 6.31.